The van der Waals surface area contributed by atoms with Crippen molar-refractivity contribution in [2.75, 3.05) is 13.2 Å². The molecule has 0 saturated heterocycles. The smallest absolute Gasteiger partial charge is 0.225 e. The molecule has 2 aromatic rings. The van der Waals surface area contributed by atoms with Gasteiger partial charge in [0, 0.05) is 12.2 Å². The van der Waals surface area contributed by atoms with Gasteiger partial charge in [0.1, 0.15) is 0 Å². The summed E-state index contributed by atoms with van der Waals surface area (Å²) in [6.45, 7) is 7.57. The van der Waals surface area contributed by atoms with E-state index in [1.807, 2.05) is 41.8 Å². The molecule has 1 atom stereocenters. The highest BCUT2D eigenvalue weighted by Gasteiger charge is 2.23. The van der Waals surface area contributed by atoms with Crippen LogP contribution < -0.4 is 0 Å². The molecule has 108 valence electrons. The van der Waals surface area contributed by atoms with Crippen molar-refractivity contribution in [2.45, 2.75) is 26.8 Å². The monoisotopic (exact) mass is 293 g/mol. The normalized spacial score (nSPS) is 12.8. The molecular weight excluding hydrogens is 274 g/mol. The Morgan fingerprint density at radius 2 is 1.90 bits per heavy atom. The van der Waals surface area contributed by atoms with Gasteiger partial charge in [0.05, 0.1) is 12.6 Å². The molecule has 5 heteroatoms. The lowest BCUT2D eigenvalue weighted by Gasteiger charge is -2.24. The Labute approximate surface area is 124 Å². The fraction of sp³-hybridized carbons (Fsp3) is 0.467. The molecular formula is C15H20ClN3O. The highest BCUT2D eigenvalue weighted by atomic mass is 35.5. The molecule has 0 aliphatic carbocycles. The molecule has 0 aliphatic heterocycles. The first-order valence-corrected chi connectivity index (χ1v) is 7.26. The Hall–Kier alpha value is -1.39. The molecule has 0 saturated carbocycles. The van der Waals surface area contributed by atoms with Gasteiger partial charge in [0.2, 0.25) is 5.28 Å². The van der Waals surface area contributed by atoms with E-state index in [2.05, 4.69) is 24.0 Å². The Morgan fingerprint density at radius 1 is 1.20 bits per heavy atom. The first-order chi connectivity index (χ1) is 9.65. The predicted molar refractivity (Wildman–Crippen MR) is 80.8 cm³/mol. The van der Waals surface area contributed by atoms with Gasteiger partial charge in [-0.1, -0.05) is 44.2 Å². The van der Waals surface area contributed by atoms with Crippen LogP contribution in [0.15, 0.2) is 30.3 Å². The molecule has 1 aromatic carbocycles. The average molecular weight is 294 g/mol. The molecule has 1 aromatic heterocycles. The molecule has 20 heavy (non-hydrogen) atoms. The molecule has 4 nitrogen and oxygen atoms in total. The van der Waals surface area contributed by atoms with Gasteiger partial charge in [0.25, 0.3) is 0 Å². The first-order valence-electron chi connectivity index (χ1n) is 6.88. The van der Waals surface area contributed by atoms with Crippen LogP contribution in [-0.2, 0) is 4.74 Å². The lowest BCUT2D eigenvalue weighted by molar-refractivity contribution is 0.0970. The van der Waals surface area contributed by atoms with Gasteiger partial charge in [-0.15, -0.1) is 10.2 Å². The van der Waals surface area contributed by atoms with Gasteiger partial charge in [-0.05, 0) is 24.4 Å². The van der Waals surface area contributed by atoms with Gasteiger partial charge >= 0.3 is 0 Å². The van der Waals surface area contributed by atoms with E-state index in [1.165, 1.54) is 0 Å². The second-order valence-electron chi connectivity index (χ2n) is 5.00. The van der Waals surface area contributed by atoms with Crippen molar-refractivity contribution in [3.05, 3.63) is 35.6 Å². The Morgan fingerprint density at radius 3 is 2.50 bits per heavy atom. The number of hydrogen-bond acceptors (Lipinski definition) is 3. The summed E-state index contributed by atoms with van der Waals surface area (Å²) in [5, 5.41) is 8.65. The maximum Gasteiger partial charge on any atom is 0.225 e. The van der Waals surface area contributed by atoms with Crippen molar-refractivity contribution in [2.24, 2.45) is 5.92 Å². The van der Waals surface area contributed by atoms with Gasteiger partial charge in [-0.2, -0.15) is 0 Å². The highest BCUT2D eigenvalue weighted by molar-refractivity contribution is 6.28. The van der Waals surface area contributed by atoms with Crippen LogP contribution in [0.5, 0.6) is 0 Å². The van der Waals surface area contributed by atoms with Crippen molar-refractivity contribution in [1.29, 1.82) is 0 Å². The maximum atomic E-state index is 6.25. The second kappa shape index (κ2) is 6.86. The summed E-state index contributed by atoms with van der Waals surface area (Å²) in [6.07, 6.45) is 0. The van der Waals surface area contributed by atoms with E-state index < -0.39 is 0 Å². The van der Waals surface area contributed by atoms with Crippen molar-refractivity contribution in [3.8, 4) is 11.4 Å². The number of halogens is 1. The van der Waals surface area contributed by atoms with Crippen LogP contribution in [0.1, 0.15) is 26.8 Å². The summed E-state index contributed by atoms with van der Waals surface area (Å²) in [6, 6.07) is 10.1. The van der Waals surface area contributed by atoms with Crippen molar-refractivity contribution in [3.63, 3.8) is 0 Å². The van der Waals surface area contributed by atoms with Gasteiger partial charge in [-0.3, -0.25) is 4.57 Å². The molecule has 2 rings (SSSR count). The largest absolute Gasteiger partial charge is 0.380 e. The quantitative estimate of drug-likeness (QED) is 0.812. The molecule has 0 N–H and O–H groups in total. The average Bonchev–Trinajstić information content (AvgIpc) is 2.82. The van der Waals surface area contributed by atoms with Crippen molar-refractivity contribution >= 4 is 11.6 Å². The van der Waals surface area contributed by atoms with Crippen LogP contribution in [0.2, 0.25) is 5.28 Å². The minimum atomic E-state index is 0.118. The number of hydrogen-bond donors (Lipinski definition) is 0. The maximum absolute atomic E-state index is 6.25. The van der Waals surface area contributed by atoms with Gasteiger partial charge in [0.15, 0.2) is 5.82 Å². The molecule has 1 unspecified atom stereocenters. The number of aromatic nitrogens is 3. The second-order valence-corrected chi connectivity index (χ2v) is 5.34. The summed E-state index contributed by atoms with van der Waals surface area (Å²) in [4.78, 5) is 0. The predicted octanol–water partition coefficient (Wildman–Crippen LogP) is 3.83. The van der Waals surface area contributed by atoms with Crippen LogP contribution in [0.3, 0.4) is 0 Å². The van der Waals surface area contributed by atoms with E-state index in [-0.39, 0.29) is 6.04 Å². The van der Waals surface area contributed by atoms with E-state index in [1.54, 1.807) is 0 Å². The summed E-state index contributed by atoms with van der Waals surface area (Å²) in [5.41, 5.74) is 1.01. The van der Waals surface area contributed by atoms with Crippen LogP contribution in [0.4, 0.5) is 0 Å². The Bertz CT molecular complexity index is 539. The number of nitrogens with zero attached hydrogens (tertiary/aromatic N) is 3. The van der Waals surface area contributed by atoms with Gasteiger partial charge in [-0.25, -0.2) is 0 Å². The third kappa shape index (κ3) is 3.19. The first kappa shape index (κ1) is 15.0. The lowest BCUT2D eigenvalue weighted by Crippen LogP contribution is -2.22. The lowest BCUT2D eigenvalue weighted by atomic mass is 10.0. The number of ether oxygens (including phenoxy) is 1. The van der Waals surface area contributed by atoms with Crippen LogP contribution in [0.25, 0.3) is 11.4 Å². The summed E-state index contributed by atoms with van der Waals surface area (Å²) in [7, 11) is 0. The fourth-order valence-electron chi connectivity index (χ4n) is 2.15. The third-order valence-corrected chi connectivity index (χ3v) is 3.54. The van der Waals surface area contributed by atoms with Gasteiger partial charge < -0.3 is 4.74 Å². The molecule has 0 amide bonds. The van der Waals surface area contributed by atoms with E-state index in [9.17, 15) is 0 Å². The summed E-state index contributed by atoms with van der Waals surface area (Å²) < 4.78 is 7.56. The highest BCUT2D eigenvalue weighted by Crippen LogP contribution is 2.29. The van der Waals surface area contributed by atoms with E-state index >= 15 is 0 Å². The summed E-state index contributed by atoms with van der Waals surface area (Å²) >= 11 is 6.25. The molecule has 0 fully saturated rings. The van der Waals surface area contributed by atoms with Crippen molar-refractivity contribution < 1.29 is 4.74 Å². The summed E-state index contributed by atoms with van der Waals surface area (Å²) in [5.74, 6) is 1.16. The van der Waals surface area contributed by atoms with E-state index in [0.717, 1.165) is 11.4 Å². The third-order valence-electron chi connectivity index (χ3n) is 3.28. The zero-order valence-corrected chi connectivity index (χ0v) is 12.8. The molecule has 0 aliphatic rings. The topological polar surface area (TPSA) is 39.9 Å². The fourth-order valence-corrected chi connectivity index (χ4v) is 2.40. The number of rotatable bonds is 6. The Balaban J connectivity index is 2.41. The standard InChI is InChI=1S/C15H20ClN3O/c1-4-20-10-13(11(2)3)19-14(17-18-15(19)16)12-8-6-5-7-9-12/h5-9,11,13H,4,10H2,1-3H3. The number of benzene rings is 1. The van der Waals surface area contributed by atoms with Crippen LogP contribution >= 0.6 is 11.6 Å². The minimum Gasteiger partial charge on any atom is -0.380 e. The van der Waals surface area contributed by atoms with Crippen LogP contribution in [0, 0.1) is 5.92 Å². The zero-order valence-electron chi connectivity index (χ0n) is 12.1. The molecule has 0 spiro atoms. The van der Waals surface area contributed by atoms with E-state index in [4.69, 9.17) is 16.3 Å². The van der Waals surface area contributed by atoms with E-state index in [0.29, 0.717) is 24.4 Å². The molecule has 0 radical (unpaired) electrons. The van der Waals surface area contributed by atoms with Crippen molar-refractivity contribution in [1.82, 2.24) is 14.8 Å². The molecule has 1 heterocycles. The zero-order chi connectivity index (χ0) is 14.5. The van der Waals surface area contributed by atoms with Crippen LogP contribution in [-0.4, -0.2) is 28.0 Å². The SMILES string of the molecule is CCOCC(C(C)C)n1c(Cl)nnc1-c1ccccc1. The minimum absolute atomic E-state index is 0.118. The Kier molecular flexibility index (Phi) is 5.15. The molecule has 0 bridgehead atoms.